The molecule has 154 valence electrons. The molecule has 1 amide bonds. The molecule has 8 heteroatoms. The molecule has 0 fully saturated rings. The molecule has 0 bridgehead atoms. The molecule has 30 heavy (non-hydrogen) atoms. The van der Waals surface area contributed by atoms with Crippen LogP contribution >= 0.6 is 22.6 Å². The molecular weight excluding hydrogens is 497 g/mol. The van der Waals surface area contributed by atoms with Crippen LogP contribution in [0, 0.1) is 17.4 Å². The second kappa shape index (κ2) is 9.12. The zero-order chi connectivity index (χ0) is 21.8. The van der Waals surface area contributed by atoms with Gasteiger partial charge < -0.3 is 14.4 Å². The van der Waals surface area contributed by atoms with Gasteiger partial charge in [0.2, 0.25) is 0 Å². The number of aryl methyl sites for hydroxylation is 1. The van der Waals surface area contributed by atoms with E-state index < -0.39 is 5.97 Å². The fourth-order valence-electron chi connectivity index (χ4n) is 3.09. The van der Waals surface area contributed by atoms with E-state index in [0.29, 0.717) is 11.3 Å². The maximum atomic E-state index is 12.3. The van der Waals surface area contributed by atoms with E-state index in [9.17, 15) is 9.59 Å². The summed E-state index contributed by atoms with van der Waals surface area (Å²) in [7, 11) is 1.56. The number of hydrogen-bond donors (Lipinski definition) is 2. The first kappa shape index (κ1) is 21.6. The number of aromatic carboxylic acids is 1. The van der Waals surface area contributed by atoms with Crippen molar-refractivity contribution in [2.45, 2.75) is 13.8 Å². The third-order valence-electron chi connectivity index (χ3n) is 4.63. The molecule has 1 heterocycles. The van der Waals surface area contributed by atoms with Crippen molar-refractivity contribution < 1.29 is 19.4 Å². The van der Waals surface area contributed by atoms with Crippen molar-refractivity contribution in [3.8, 4) is 11.4 Å². The molecule has 3 rings (SSSR count). The van der Waals surface area contributed by atoms with Crippen molar-refractivity contribution in [1.82, 2.24) is 9.99 Å². The molecule has 0 unspecified atom stereocenters. The molecule has 0 aliphatic carbocycles. The number of amides is 1. The molecule has 0 saturated carbocycles. The van der Waals surface area contributed by atoms with Gasteiger partial charge in [-0.1, -0.05) is 0 Å². The maximum Gasteiger partial charge on any atom is 0.335 e. The predicted octanol–water partition coefficient (Wildman–Crippen LogP) is 4.17. The third kappa shape index (κ3) is 4.54. The quantitative estimate of drug-likeness (QED) is 0.292. The Balaban J connectivity index is 1.77. The van der Waals surface area contributed by atoms with Gasteiger partial charge in [0.15, 0.2) is 0 Å². The first-order valence-corrected chi connectivity index (χ1v) is 10.1. The van der Waals surface area contributed by atoms with Crippen molar-refractivity contribution >= 4 is 40.7 Å². The Labute approximate surface area is 187 Å². The van der Waals surface area contributed by atoms with Crippen LogP contribution in [0.2, 0.25) is 0 Å². The van der Waals surface area contributed by atoms with Gasteiger partial charge >= 0.3 is 5.97 Å². The lowest BCUT2D eigenvalue weighted by Gasteiger charge is -2.10. The zero-order valence-corrected chi connectivity index (χ0v) is 18.8. The highest BCUT2D eigenvalue weighted by Crippen LogP contribution is 2.22. The topological polar surface area (TPSA) is 92.9 Å². The van der Waals surface area contributed by atoms with E-state index >= 15 is 0 Å². The summed E-state index contributed by atoms with van der Waals surface area (Å²) < 4.78 is 8.16. The Bertz CT molecular complexity index is 1130. The van der Waals surface area contributed by atoms with Gasteiger partial charge in [-0.05, 0) is 85.0 Å². The van der Waals surface area contributed by atoms with Gasteiger partial charge in [-0.2, -0.15) is 5.10 Å². The molecule has 0 spiro atoms. The molecule has 0 atom stereocenters. The number of carbonyl (C=O) groups excluding carboxylic acids is 1. The molecule has 2 aromatic carbocycles. The third-order valence-corrected chi connectivity index (χ3v) is 5.52. The molecule has 7 nitrogen and oxygen atoms in total. The second-order valence-electron chi connectivity index (χ2n) is 6.56. The van der Waals surface area contributed by atoms with E-state index in [1.807, 2.05) is 24.5 Å². The van der Waals surface area contributed by atoms with Crippen LogP contribution in [0.1, 0.15) is 37.7 Å². The molecule has 0 aliphatic heterocycles. The van der Waals surface area contributed by atoms with Gasteiger partial charge in [0.1, 0.15) is 5.75 Å². The number of methoxy groups -OCH3 is 1. The first-order chi connectivity index (χ1) is 14.3. The number of carbonyl (C=O) groups is 2. The summed E-state index contributed by atoms with van der Waals surface area (Å²) in [6.07, 6.45) is 1.59. The molecule has 2 N–H and O–H groups in total. The number of aromatic nitrogens is 1. The number of nitrogens with one attached hydrogen (secondary N) is 1. The highest BCUT2D eigenvalue weighted by atomic mass is 127. The Kier molecular flexibility index (Phi) is 6.56. The van der Waals surface area contributed by atoms with Crippen LogP contribution in [0.3, 0.4) is 0 Å². The minimum Gasteiger partial charge on any atom is -0.496 e. The Morgan fingerprint density at radius 1 is 1.10 bits per heavy atom. The van der Waals surface area contributed by atoms with E-state index in [1.54, 1.807) is 55.8 Å². The molecule has 0 radical (unpaired) electrons. The molecular formula is C22H20IN3O4. The van der Waals surface area contributed by atoms with E-state index in [0.717, 1.165) is 26.2 Å². The number of carboxylic acids is 1. The van der Waals surface area contributed by atoms with Crippen molar-refractivity contribution in [3.63, 3.8) is 0 Å². The molecule has 0 saturated heterocycles. The standard InChI is InChI=1S/C22H20IN3O4/c1-13-10-17(14(2)26(13)18-7-4-15(5-8-18)22(28)29)12-24-25-21(27)16-6-9-19(23)20(11-16)30-3/h4-12H,1-3H3,(H,25,27)(H,28,29)/b24-12-. The van der Waals surface area contributed by atoms with E-state index in [2.05, 4.69) is 33.1 Å². The van der Waals surface area contributed by atoms with Crippen LogP contribution in [0.25, 0.3) is 5.69 Å². The number of carboxylic acid groups (broad SMARTS) is 1. The summed E-state index contributed by atoms with van der Waals surface area (Å²) in [5.41, 5.74) is 6.80. The van der Waals surface area contributed by atoms with Crippen LogP contribution in [0.15, 0.2) is 53.6 Å². The van der Waals surface area contributed by atoms with Crippen molar-refractivity contribution in [1.29, 1.82) is 0 Å². The van der Waals surface area contributed by atoms with Gasteiger partial charge in [-0.15, -0.1) is 0 Å². The van der Waals surface area contributed by atoms with Crippen molar-refractivity contribution in [3.05, 3.63) is 80.2 Å². The largest absolute Gasteiger partial charge is 0.496 e. The highest BCUT2D eigenvalue weighted by Gasteiger charge is 2.11. The van der Waals surface area contributed by atoms with Gasteiger partial charge in [0, 0.05) is 28.2 Å². The van der Waals surface area contributed by atoms with E-state index in [1.165, 1.54) is 0 Å². The summed E-state index contributed by atoms with van der Waals surface area (Å²) in [6.45, 7) is 3.89. The van der Waals surface area contributed by atoms with Crippen LogP contribution in [0.5, 0.6) is 5.75 Å². The predicted molar refractivity (Wildman–Crippen MR) is 123 cm³/mol. The van der Waals surface area contributed by atoms with Crippen LogP contribution in [-0.4, -0.2) is 34.9 Å². The fourth-order valence-corrected chi connectivity index (χ4v) is 3.65. The highest BCUT2D eigenvalue weighted by molar-refractivity contribution is 14.1. The molecule has 0 aliphatic rings. The Morgan fingerprint density at radius 2 is 1.77 bits per heavy atom. The zero-order valence-electron chi connectivity index (χ0n) is 16.6. The number of rotatable bonds is 6. The fraction of sp³-hybridized carbons (Fsp3) is 0.136. The average Bonchev–Trinajstić information content (AvgIpc) is 3.01. The van der Waals surface area contributed by atoms with E-state index in [4.69, 9.17) is 9.84 Å². The van der Waals surface area contributed by atoms with E-state index in [-0.39, 0.29) is 11.5 Å². The summed E-state index contributed by atoms with van der Waals surface area (Å²) in [5.74, 6) is -0.666. The maximum absolute atomic E-state index is 12.3. The van der Waals surface area contributed by atoms with Gasteiger partial charge in [0.25, 0.3) is 5.91 Å². The van der Waals surface area contributed by atoms with Gasteiger partial charge in [-0.3, -0.25) is 4.79 Å². The monoisotopic (exact) mass is 517 g/mol. The summed E-state index contributed by atoms with van der Waals surface area (Å²) in [6, 6.07) is 13.8. The summed E-state index contributed by atoms with van der Waals surface area (Å²) >= 11 is 2.14. The summed E-state index contributed by atoms with van der Waals surface area (Å²) in [5, 5.41) is 13.1. The van der Waals surface area contributed by atoms with Crippen LogP contribution in [-0.2, 0) is 0 Å². The van der Waals surface area contributed by atoms with Crippen molar-refractivity contribution in [2.75, 3.05) is 7.11 Å². The average molecular weight is 517 g/mol. The number of hydrazone groups is 1. The number of halogens is 1. The SMILES string of the molecule is COc1cc(C(=O)N/N=C\c2cc(C)n(-c3ccc(C(=O)O)cc3)c2C)ccc1I. The lowest BCUT2D eigenvalue weighted by atomic mass is 10.2. The number of hydrogen-bond acceptors (Lipinski definition) is 4. The van der Waals surface area contributed by atoms with Gasteiger partial charge in [-0.25, -0.2) is 10.2 Å². The number of ether oxygens (including phenoxy) is 1. The normalized spacial score (nSPS) is 10.9. The lowest BCUT2D eigenvalue weighted by molar-refractivity contribution is 0.0696. The lowest BCUT2D eigenvalue weighted by Crippen LogP contribution is -2.17. The molecule has 1 aromatic heterocycles. The second-order valence-corrected chi connectivity index (χ2v) is 7.72. The van der Waals surface area contributed by atoms with Crippen LogP contribution < -0.4 is 10.2 Å². The minimum atomic E-state index is -0.961. The van der Waals surface area contributed by atoms with Crippen molar-refractivity contribution in [2.24, 2.45) is 5.10 Å². The Hall–Kier alpha value is -3.14. The Morgan fingerprint density at radius 3 is 2.40 bits per heavy atom. The first-order valence-electron chi connectivity index (χ1n) is 9.01. The number of nitrogens with zero attached hydrogens (tertiary/aromatic N) is 2. The smallest absolute Gasteiger partial charge is 0.335 e. The minimum absolute atomic E-state index is 0.234. The van der Waals surface area contributed by atoms with Crippen LogP contribution in [0.4, 0.5) is 0 Å². The molecule has 3 aromatic rings. The number of benzene rings is 2. The summed E-state index contributed by atoms with van der Waals surface area (Å²) in [4.78, 5) is 23.4. The van der Waals surface area contributed by atoms with Gasteiger partial charge in [0.05, 0.1) is 22.5 Å².